The van der Waals surface area contributed by atoms with Crippen LogP contribution in [0.4, 0.5) is 0 Å². The van der Waals surface area contributed by atoms with E-state index in [1.807, 2.05) is 18.2 Å². The Morgan fingerprint density at radius 3 is 2.59 bits per heavy atom. The highest BCUT2D eigenvalue weighted by atomic mass is 32.1. The van der Waals surface area contributed by atoms with Gasteiger partial charge in [-0.15, -0.1) is 0 Å². The van der Waals surface area contributed by atoms with E-state index in [4.69, 9.17) is 5.11 Å². The lowest BCUT2D eigenvalue weighted by atomic mass is 10.0. The molecule has 0 bridgehead atoms. The van der Waals surface area contributed by atoms with Crippen LogP contribution in [0.5, 0.6) is 0 Å². The van der Waals surface area contributed by atoms with Gasteiger partial charge in [-0.1, -0.05) is 36.1 Å². The molecule has 0 saturated carbocycles. The third kappa shape index (κ3) is 2.27. The van der Waals surface area contributed by atoms with Crippen molar-refractivity contribution < 1.29 is 9.90 Å². The highest BCUT2D eigenvalue weighted by Crippen LogP contribution is 2.22. The predicted octanol–water partition coefficient (Wildman–Crippen LogP) is 2.82. The maximum atomic E-state index is 11.1. The van der Waals surface area contributed by atoms with Crippen LogP contribution in [0, 0.1) is 11.8 Å². The molecule has 0 fully saturated rings. The number of thiol groups is 1. The Kier molecular flexibility index (Phi) is 3.36. The number of carboxylic acids is 1. The van der Waals surface area contributed by atoms with Crippen molar-refractivity contribution in [3.05, 3.63) is 47.5 Å². The van der Waals surface area contributed by atoms with Crippen LogP contribution in [0.2, 0.25) is 0 Å². The fourth-order valence-electron chi connectivity index (χ4n) is 1.74. The lowest BCUT2D eigenvalue weighted by Crippen LogP contribution is -1.97. The Hall–Kier alpha value is -1.92. The fraction of sp³-hybridized carbons (Fsp3) is 0.0714. The molecule has 2 rings (SSSR count). The van der Waals surface area contributed by atoms with E-state index in [0.29, 0.717) is 16.7 Å². The Bertz CT molecular complexity index is 635. The molecule has 0 aliphatic rings. The van der Waals surface area contributed by atoms with Crippen LogP contribution >= 0.6 is 12.6 Å². The van der Waals surface area contributed by atoms with E-state index in [1.54, 1.807) is 18.2 Å². The summed E-state index contributed by atoms with van der Waals surface area (Å²) in [5.74, 6) is 5.42. The molecule has 0 aliphatic heterocycles. The molecule has 3 heteroatoms. The average Bonchev–Trinajstić information content (AvgIpc) is 2.35. The van der Waals surface area contributed by atoms with E-state index >= 15 is 0 Å². The summed E-state index contributed by atoms with van der Waals surface area (Å²) >= 11 is 4.03. The smallest absolute Gasteiger partial charge is 0.336 e. The molecule has 0 unspecified atom stereocenters. The largest absolute Gasteiger partial charge is 0.478 e. The minimum atomic E-state index is -0.921. The monoisotopic (exact) mass is 242 g/mol. The van der Waals surface area contributed by atoms with Crippen molar-refractivity contribution in [2.24, 2.45) is 0 Å². The number of fused-ring (bicyclic) bond motifs is 1. The summed E-state index contributed by atoms with van der Waals surface area (Å²) in [7, 11) is 0. The molecule has 0 spiro atoms. The number of carboxylic acid groups (broad SMARTS) is 1. The van der Waals surface area contributed by atoms with Gasteiger partial charge in [-0.3, -0.25) is 0 Å². The van der Waals surface area contributed by atoms with E-state index in [0.717, 1.165) is 10.9 Å². The molecule has 1 N–H and O–H groups in total. The van der Waals surface area contributed by atoms with E-state index in [1.165, 1.54) is 0 Å². The molecule has 0 amide bonds. The first-order chi connectivity index (χ1) is 8.24. The van der Waals surface area contributed by atoms with Crippen LogP contribution in [0.15, 0.2) is 36.4 Å². The molecule has 2 aromatic rings. The molecule has 0 aromatic heterocycles. The fourth-order valence-corrected chi connectivity index (χ4v) is 1.82. The molecule has 17 heavy (non-hydrogen) atoms. The van der Waals surface area contributed by atoms with Gasteiger partial charge in [-0.25, -0.2) is 4.79 Å². The van der Waals surface area contributed by atoms with Gasteiger partial charge in [0.15, 0.2) is 0 Å². The minimum absolute atomic E-state index is 0.303. The molecule has 0 aliphatic carbocycles. The van der Waals surface area contributed by atoms with Crippen LogP contribution in [-0.4, -0.2) is 16.8 Å². The van der Waals surface area contributed by atoms with Crippen LogP contribution < -0.4 is 0 Å². The Morgan fingerprint density at radius 2 is 1.88 bits per heavy atom. The molecule has 2 nitrogen and oxygen atoms in total. The summed E-state index contributed by atoms with van der Waals surface area (Å²) in [6, 6.07) is 10.7. The Morgan fingerprint density at radius 1 is 1.18 bits per heavy atom. The van der Waals surface area contributed by atoms with Crippen molar-refractivity contribution in [2.45, 2.75) is 0 Å². The number of rotatable bonds is 1. The second-order valence-corrected chi connectivity index (χ2v) is 3.79. The van der Waals surface area contributed by atoms with Crippen LogP contribution in [0.25, 0.3) is 10.8 Å². The first-order valence-electron chi connectivity index (χ1n) is 5.09. The van der Waals surface area contributed by atoms with Gasteiger partial charge in [0.2, 0.25) is 0 Å². The summed E-state index contributed by atoms with van der Waals surface area (Å²) in [5.41, 5.74) is 1.14. The molecular weight excluding hydrogens is 232 g/mol. The van der Waals surface area contributed by atoms with E-state index < -0.39 is 5.97 Å². The second kappa shape index (κ2) is 4.94. The zero-order valence-corrected chi connectivity index (χ0v) is 9.87. The van der Waals surface area contributed by atoms with Crippen molar-refractivity contribution in [2.75, 3.05) is 5.75 Å². The predicted molar refractivity (Wildman–Crippen MR) is 71.6 cm³/mol. The summed E-state index contributed by atoms with van der Waals surface area (Å²) < 4.78 is 0. The standard InChI is InChI=1S/C14H10O2S/c15-14(16)13-8-2-6-11-10(5-3-9-17)4-1-7-12(11)13/h1-2,4,6-8,17H,9H2,(H,15,16). The van der Waals surface area contributed by atoms with Crippen molar-refractivity contribution >= 4 is 29.4 Å². The third-order valence-electron chi connectivity index (χ3n) is 2.45. The van der Waals surface area contributed by atoms with Gasteiger partial charge in [-0.05, 0) is 22.9 Å². The number of carbonyl (C=O) groups is 1. The normalized spacial score (nSPS) is 9.71. The summed E-state index contributed by atoms with van der Waals surface area (Å²) in [4.78, 5) is 11.1. The molecule has 0 heterocycles. The SMILES string of the molecule is O=C(O)c1cccc2c(C#CCS)cccc12. The highest BCUT2D eigenvalue weighted by Gasteiger charge is 2.08. The molecule has 0 atom stereocenters. The van der Waals surface area contributed by atoms with E-state index in [9.17, 15) is 4.79 Å². The van der Waals surface area contributed by atoms with Gasteiger partial charge in [0, 0.05) is 5.56 Å². The quantitative estimate of drug-likeness (QED) is 0.596. The summed E-state index contributed by atoms with van der Waals surface area (Å²) in [6.45, 7) is 0. The van der Waals surface area contributed by atoms with Gasteiger partial charge in [0.05, 0.1) is 11.3 Å². The van der Waals surface area contributed by atoms with Gasteiger partial charge < -0.3 is 5.11 Å². The maximum absolute atomic E-state index is 11.1. The molecule has 84 valence electrons. The third-order valence-corrected chi connectivity index (χ3v) is 2.61. The first-order valence-corrected chi connectivity index (χ1v) is 5.72. The molecule has 2 aromatic carbocycles. The highest BCUT2D eigenvalue weighted by molar-refractivity contribution is 7.80. The van der Waals surface area contributed by atoms with Gasteiger partial charge in [0.25, 0.3) is 0 Å². The summed E-state index contributed by atoms with van der Waals surface area (Å²) in [5, 5.41) is 10.7. The van der Waals surface area contributed by atoms with Crippen LogP contribution in [0.3, 0.4) is 0 Å². The zero-order valence-electron chi connectivity index (χ0n) is 8.97. The molecular formula is C14H10O2S. The van der Waals surface area contributed by atoms with Gasteiger partial charge in [0.1, 0.15) is 0 Å². The lowest BCUT2D eigenvalue weighted by Gasteiger charge is -2.03. The van der Waals surface area contributed by atoms with E-state index in [2.05, 4.69) is 24.5 Å². The number of benzene rings is 2. The summed E-state index contributed by atoms with van der Waals surface area (Å²) in [6.07, 6.45) is 0. The second-order valence-electron chi connectivity index (χ2n) is 3.47. The van der Waals surface area contributed by atoms with Crippen molar-refractivity contribution in [1.82, 2.24) is 0 Å². The van der Waals surface area contributed by atoms with Crippen molar-refractivity contribution in [3.8, 4) is 11.8 Å². The topological polar surface area (TPSA) is 37.3 Å². The van der Waals surface area contributed by atoms with Crippen molar-refractivity contribution in [1.29, 1.82) is 0 Å². The number of hydrogen-bond acceptors (Lipinski definition) is 2. The first kappa shape index (κ1) is 11.6. The average molecular weight is 242 g/mol. The minimum Gasteiger partial charge on any atom is -0.478 e. The lowest BCUT2D eigenvalue weighted by molar-refractivity contribution is 0.0699. The molecule has 0 saturated heterocycles. The number of hydrogen-bond donors (Lipinski definition) is 2. The van der Waals surface area contributed by atoms with Gasteiger partial charge >= 0.3 is 5.97 Å². The zero-order chi connectivity index (χ0) is 12.3. The number of aromatic carboxylic acids is 1. The van der Waals surface area contributed by atoms with Crippen LogP contribution in [0.1, 0.15) is 15.9 Å². The van der Waals surface area contributed by atoms with Gasteiger partial charge in [-0.2, -0.15) is 12.6 Å². The van der Waals surface area contributed by atoms with Crippen molar-refractivity contribution in [3.63, 3.8) is 0 Å². The Labute approximate surface area is 105 Å². The van der Waals surface area contributed by atoms with E-state index in [-0.39, 0.29) is 0 Å². The Balaban J connectivity index is 2.74. The maximum Gasteiger partial charge on any atom is 0.336 e. The molecule has 0 radical (unpaired) electrons. The van der Waals surface area contributed by atoms with Crippen LogP contribution in [-0.2, 0) is 0 Å².